The average Bonchev–Trinajstić information content (AvgIpc) is 3.23. The fraction of sp³-hybridized carbons (Fsp3) is 0.333. The van der Waals surface area contributed by atoms with E-state index in [1.807, 2.05) is 20.2 Å². The maximum absolute atomic E-state index is 14.8. The molecule has 10 heteroatoms. The van der Waals surface area contributed by atoms with Gasteiger partial charge in [0.2, 0.25) is 0 Å². The molecule has 5 rings (SSSR count). The van der Waals surface area contributed by atoms with E-state index >= 15 is 0 Å². The van der Waals surface area contributed by atoms with E-state index in [-0.39, 0.29) is 40.1 Å². The quantitative estimate of drug-likeness (QED) is 0.418. The summed E-state index contributed by atoms with van der Waals surface area (Å²) in [6, 6.07) is 3.24. The Labute approximate surface area is 199 Å². The molecule has 0 unspecified atom stereocenters. The molecule has 1 aliphatic heterocycles. The predicted octanol–water partition coefficient (Wildman–Crippen LogP) is 4.75. The highest BCUT2D eigenvalue weighted by atomic mass is 35.5. The number of ether oxygens (including phenoxy) is 1. The van der Waals surface area contributed by atoms with Gasteiger partial charge in [0.1, 0.15) is 22.4 Å². The van der Waals surface area contributed by atoms with Crippen LogP contribution in [0.5, 0.6) is 0 Å². The van der Waals surface area contributed by atoms with Crippen LogP contribution in [0.2, 0.25) is 5.02 Å². The van der Waals surface area contributed by atoms with Gasteiger partial charge in [0.05, 0.1) is 29.8 Å². The molecule has 3 atom stereocenters. The van der Waals surface area contributed by atoms with Crippen LogP contribution in [-0.4, -0.2) is 30.3 Å². The van der Waals surface area contributed by atoms with Crippen molar-refractivity contribution < 1.29 is 13.5 Å². The molecule has 3 aromatic heterocycles. The van der Waals surface area contributed by atoms with Crippen molar-refractivity contribution in [3.8, 4) is 11.3 Å². The number of aromatic nitrogens is 5. The normalized spacial score (nSPS) is 20.7. The average molecular weight is 486 g/mol. The third-order valence-corrected chi connectivity index (χ3v) is 6.59. The van der Waals surface area contributed by atoms with E-state index in [4.69, 9.17) is 21.3 Å². The molecule has 1 saturated heterocycles. The van der Waals surface area contributed by atoms with Crippen molar-refractivity contribution in [1.82, 2.24) is 24.1 Å². The molecule has 1 aromatic carbocycles. The van der Waals surface area contributed by atoms with E-state index in [2.05, 4.69) is 10.1 Å². The molecule has 4 aromatic rings. The van der Waals surface area contributed by atoms with Crippen molar-refractivity contribution in [2.24, 2.45) is 7.05 Å². The first kappa shape index (κ1) is 22.6. The van der Waals surface area contributed by atoms with Gasteiger partial charge in [-0.2, -0.15) is 5.10 Å². The minimum atomic E-state index is -0.790. The molecule has 0 radical (unpaired) electrons. The Kier molecular flexibility index (Phi) is 5.69. The number of hydrogen-bond acceptors (Lipinski definition) is 5. The van der Waals surface area contributed by atoms with Crippen LogP contribution >= 0.6 is 11.6 Å². The molecule has 0 saturated carbocycles. The Bertz CT molecular complexity index is 1470. The zero-order chi connectivity index (χ0) is 24.1. The Morgan fingerprint density at radius 1 is 1.18 bits per heavy atom. The first-order valence-corrected chi connectivity index (χ1v) is 11.3. The lowest BCUT2D eigenvalue weighted by molar-refractivity contribution is -0.0506. The van der Waals surface area contributed by atoms with Crippen LogP contribution in [0.15, 0.2) is 41.6 Å². The molecule has 34 heavy (non-hydrogen) atoms. The smallest absolute Gasteiger partial charge is 0.277 e. The van der Waals surface area contributed by atoms with Gasteiger partial charge in [-0.15, -0.1) is 0 Å². The van der Waals surface area contributed by atoms with Gasteiger partial charge in [0, 0.05) is 42.6 Å². The van der Waals surface area contributed by atoms with Gasteiger partial charge in [0.25, 0.3) is 5.56 Å². The fourth-order valence-electron chi connectivity index (χ4n) is 4.51. The van der Waals surface area contributed by atoms with Crippen LogP contribution in [0, 0.1) is 18.6 Å². The van der Waals surface area contributed by atoms with Crippen LogP contribution in [0.1, 0.15) is 48.7 Å². The lowest BCUT2D eigenvalue weighted by atomic mass is 9.87. The van der Waals surface area contributed by atoms with Gasteiger partial charge < -0.3 is 4.74 Å². The lowest BCUT2D eigenvalue weighted by Crippen LogP contribution is -2.27. The molecule has 0 aliphatic carbocycles. The van der Waals surface area contributed by atoms with Gasteiger partial charge in [0.15, 0.2) is 5.65 Å². The highest BCUT2D eigenvalue weighted by molar-refractivity contribution is 6.31. The van der Waals surface area contributed by atoms with E-state index in [1.165, 1.54) is 10.5 Å². The van der Waals surface area contributed by atoms with Gasteiger partial charge in [-0.3, -0.25) is 13.9 Å². The van der Waals surface area contributed by atoms with E-state index < -0.39 is 17.2 Å². The maximum atomic E-state index is 14.8. The predicted molar refractivity (Wildman–Crippen MR) is 123 cm³/mol. The van der Waals surface area contributed by atoms with Crippen molar-refractivity contribution in [3.05, 3.63) is 80.8 Å². The van der Waals surface area contributed by atoms with Crippen molar-refractivity contribution >= 4 is 17.2 Å². The van der Waals surface area contributed by atoms with Crippen LogP contribution in [0.3, 0.4) is 0 Å². The zero-order valence-electron chi connectivity index (χ0n) is 18.8. The monoisotopic (exact) mass is 485 g/mol. The molecule has 7 nitrogen and oxygen atoms in total. The molecule has 0 N–H and O–H groups in total. The Morgan fingerprint density at radius 2 is 1.97 bits per heavy atom. The van der Waals surface area contributed by atoms with Crippen LogP contribution < -0.4 is 5.56 Å². The summed E-state index contributed by atoms with van der Waals surface area (Å²) < 4.78 is 37.6. The number of hydrogen-bond donors (Lipinski definition) is 0. The summed E-state index contributed by atoms with van der Waals surface area (Å²) in [5.74, 6) is -1.58. The number of rotatable bonds is 3. The number of fused-ring (bicyclic) bond motifs is 1. The summed E-state index contributed by atoms with van der Waals surface area (Å²) in [6.07, 6.45) is 6.26. The highest BCUT2D eigenvalue weighted by Crippen LogP contribution is 2.40. The highest BCUT2D eigenvalue weighted by Gasteiger charge is 2.32. The molecule has 0 spiro atoms. The van der Waals surface area contributed by atoms with Crippen LogP contribution in [-0.2, 0) is 11.8 Å². The summed E-state index contributed by atoms with van der Waals surface area (Å²) in [7, 11) is 1.84. The largest absolute Gasteiger partial charge is 0.370 e. The van der Waals surface area contributed by atoms with Crippen molar-refractivity contribution in [3.63, 3.8) is 0 Å². The molecule has 176 valence electrons. The topological polar surface area (TPSA) is 74.3 Å². The van der Waals surface area contributed by atoms with Crippen LogP contribution in [0.4, 0.5) is 8.78 Å². The second-order valence-corrected chi connectivity index (χ2v) is 9.08. The summed E-state index contributed by atoms with van der Waals surface area (Å²) in [5.41, 5.74) is 1.73. The van der Waals surface area contributed by atoms with Crippen molar-refractivity contribution in [1.29, 1.82) is 0 Å². The number of aryl methyl sites for hydroxylation is 2. The van der Waals surface area contributed by atoms with Crippen molar-refractivity contribution in [2.75, 3.05) is 0 Å². The van der Waals surface area contributed by atoms with E-state index in [1.54, 1.807) is 24.0 Å². The SMILES string of the molecule is Cc1nc2c(-c3ccc(F)cc3F)nc([C@H]3C[C@H](C)O[C@@H](c4cnn(C)c4)C3)cn2c(=O)c1Cl. The summed E-state index contributed by atoms with van der Waals surface area (Å²) in [4.78, 5) is 22.2. The molecule has 1 aliphatic rings. The Balaban J connectivity index is 1.69. The van der Waals surface area contributed by atoms with Crippen molar-refractivity contribution in [2.45, 2.75) is 44.8 Å². The second-order valence-electron chi connectivity index (χ2n) is 8.70. The minimum absolute atomic E-state index is 0.0197. The first-order chi connectivity index (χ1) is 16.2. The third kappa shape index (κ3) is 3.99. The van der Waals surface area contributed by atoms with Gasteiger partial charge >= 0.3 is 0 Å². The first-order valence-electron chi connectivity index (χ1n) is 10.9. The Hall–Kier alpha value is -3.17. The summed E-state index contributed by atoms with van der Waals surface area (Å²) >= 11 is 6.20. The summed E-state index contributed by atoms with van der Waals surface area (Å²) in [5, 5.41) is 4.22. The molecule has 4 heterocycles. The van der Waals surface area contributed by atoms with Crippen LogP contribution in [0.25, 0.3) is 16.9 Å². The number of benzene rings is 1. The molecule has 0 bridgehead atoms. The molecule has 1 fully saturated rings. The van der Waals surface area contributed by atoms with E-state index in [0.29, 0.717) is 24.2 Å². The fourth-order valence-corrected chi connectivity index (χ4v) is 4.65. The zero-order valence-corrected chi connectivity index (χ0v) is 19.6. The molecular formula is C24H22ClF2N5O2. The Morgan fingerprint density at radius 3 is 2.68 bits per heavy atom. The van der Waals surface area contributed by atoms with Gasteiger partial charge in [-0.05, 0) is 38.8 Å². The molecular weight excluding hydrogens is 464 g/mol. The second kappa shape index (κ2) is 8.56. The third-order valence-electron chi connectivity index (χ3n) is 6.15. The van der Waals surface area contributed by atoms with Gasteiger partial charge in [-0.25, -0.2) is 18.7 Å². The minimum Gasteiger partial charge on any atom is -0.370 e. The van der Waals surface area contributed by atoms with E-state index in [9.17, 15) is 13.6 Å². The standard InChI is InChI=1S/C24H22ClF2N5O2/c1-12-6-14(7-20(34-12)15-9-28-31(3)10-15)19-11-32-23(29-13(2)21(25)24(32)33)22(30-19)17-5-4-16(26)8-18(17)27/h4-5,8-12,14,20H,6-7H2,1-3H3/t12-,14-,20+/m0/s1. The number of nitrogens with zero attached hydrogens (tertiary/aromatic N) is 5. The van der Waals surface area contributed by atoms with E-state index in [0.717, 1.165) is 17.7 Å². The molecule has 0 amide bonds. The lowest BCUT2D eigenvalue weighted by Gasteiger charge is -2.33. The number of halogens is 3. The van der Waals surface area contributed by atoms with Gasteiger partial charge in [-0.1, -0.05) is 11.6 Å². The summed E-state index contributed by atoms with van der Waals surface area (Å²) in [6.45, 7) is 3.58. The maximum Gasteiger partial charge on any atom is 0.277 e.